The van der Waals surface area contributed by atoms with Gasteiger partial charge in [-0.1, -0.05) is 25.5 Å². The molecule has 0 saturated carbocycles. The molecule has 0 atom stereocenters. The normalized spacial score (nSPS) is 14.3. The summed E-state index contributed by atoms with van der Waals surface area (Å²) in [5.41, 5.74) is 5.90. The molecule has 0 spiro atoms. The van der Waals surface area contributed by atoms with Gasteiger partial charge in [-0.05, 0) is 65.8 Å². The zero-order valence-corrected chi connectivity index (χ0v) is 13.5. The minimum Gasteiger partial charge on any atom is -0.326 e. The smallest absolute Gasteiger partial charge is 0.224 e. The monoisotopic (exact) mass is 306 g/mol. The fourth-order valence-corrected chi connectivity index (χ4v) is 2.91. The van der Waals surface area contributed by atoms with Crippen LogP contribution in [0.15, 0.2) is 42.7 Å². The second-order valence-electron chi connectivity index (χ2n) is 5.98. The summed E-state index contributed by atoms with van der Waals surface area (Å²) < 4.78 is 0. The molecule has 1 N–H and O–H groups in total. The molecule has 3 rings (SSSR count). The number of benzene rings is 1. The number of carbonyl (C=O) groups excluding carboxylic acids is 1. The Hall–Kier alpha value is -2.42. The van der Waals surface area contributed by atoms with E-state index in [9.17, 15) is 4.79 Å². The molecule has 1 aliphatic heterocycles. The van der Waals surface area contributed by atoms with Crippen LogP contribution in [0.4, 0.5) is 5.69 Å². The Morgan fingerprint density at radius 1 is 1.30 bits per heavy atom. The fraction of sp³-hybridized carbons (Fsp3) is 0.300. The van der Waals surface area contributed by atoms with Crippen molar-refractivity contribution in [2.75, 3.05) is 5.32 Å². The van der Waals surface area contributed by atoms with Gasteiger partial charge in [0.1, 0.15) is 0 Å². The van der Waals surface area contributed by atoms with E-state index < -0.39 is 0 Å². The topological polar surface area (TPSA) is 42.0 Å². The largest absolute Gasteiger partial charge is 0.326 e. The quantitative estimate of drug-likeness (QED) is 0.870. The van der Waals surface area contributed by atoms with Crippen LogP contribution in [-0.4, -0.2) is 10.9 Å². The van der Waals surface area contributed by atoms with Gasteiger partial charge in [0.25, 0.3) is 0 Å². The Labute approximate surface area is 137 Å². The van der Waals surface area contributed by atoms with Crippen molar-refractivity contribution in [2.24, 2.45) is 0 Å². The van der Waals surface area contributed by atoms with Crippen LogP contribution in [-0.2, 0) is 11.2 Å². The molecule has 0 saturated heterocycles. The Balaban J connectivity index is 1.94. The second-order valence-corrected chi connectivity index (χ2v) is 5.98. The number of amides is 1. The van der Waals surface area contributed by atoms with E-state index in [0.717, 1.165) is 24.1 Å². The van der Waals surface area contributed by atoms with Crippen LogP contribution >= 0.6 is 0 Å². The van der Waals surface area contributed by atoms with Crippen LogP contribution in [0.25, 0.3) is 11.6 Å². The number of allylic oxidation sites excluding steroid dienone is 1. The van der Waals surface area contributed by atoms with Gasteiger partial charge in [-0.2, -0.15) is 0 Å². The van der Waals surface area contributed by atoms with E-state index in [0.29, 0.717) is 6.42 Å². The van der Waals surface area contributed by atoms with Gasteiger partial charge in [0.15, 0.2) is 0 Å². The summed E-state index contributed by atoms with van der Waals surface area (Å²) in [6.45, 7) is 2.21. The predicted octanol–water partition coefficient (Wildman–Crippen LogP) is 4.70. The number of carbonyl (C=O) groups is 1. The molecule has 1 aliphatic rings. The first kappa shape index (κ1) is 15.5. The third-order valence-electron chi connectivity index (χ3n) is 4.20. The molecule has 1 aromatic heterocycles. The molecule has 0 unspecified atom stereocenters. The molecule has 0 radical (unpaired) electrons. The van der Waals surface area contributed by atoms with Gasteiger partial charge in [-0.3, -0.25) is 9.78 Å². The predicted molar refractivity (Wildman–Crippen MR) is 95.0 cm³/mol. The molecule has 1 amide bonds. The lowest BCUT2D eigenvalue weighted by atomic mass is 9.93. The van der Waals surface area contributed by atoms with Crippen molar-refractivity contribution in [3.05, 3.63) is 59.4 Å². The lowest BCUT2D eigenvalue weighted by molar-refractivity contribution is -0.116. The Kier molecular flexibility index (Phi) is 4.86. The maximum atomic E-state index is 11.5. The van der Waals surface area contributed by atoms with E-state index in [1.807, 2.05) is 18.3 Å². The summed E-state index contributed by atoms with van der Waals surface area (Å²) >= 11 is 0. The highest BCUT2D eigenvalue weighted by molar-refractivity contribution is 5.94. The molecule has 1 aromatic carbocycles. The van der Waals surface area contributed by atoms with Gasteiger partial charge in [-0.15, -0.1) is 0 Å². The maximum Gasteiger partial charge on any atom is 0.224 e. The van der Waals surface area contributed by atoms with Crippen molar-refractivity contribution in [1.82, 2.24) is 4.98 Å². The molecule has 0 bridgehead atoms. The second kappa shape index (κ2) is 7.23. The number of aromatic nitrogens is 1. The van der Waals surface area contributed by atoms with Crippen LogP contribution in [0.3, 0.4) is 0 Å². The lowest BCUT2D eigenvalue weighted by Crippen LogP contribution is -2.18. The third kappa shape index (κ3) is 3.86. The van der Waals surface area contributed by atoms with Crippen LogP contribution in [0.1, 0.15) is 49.3 Å². The van der Waals surface area contributed by atoms with E-state index in [1.54, 1.807) is 6.20 Å². The Morgan fingerprint density at radius 3 is 3.00 bits per heavy atom. The lowest BCUT2D eigenvalue weighted by Gasteiger charge is -2.18. The average molecular weight is 306 g/mol. The first-order chi connectivity index (χ1) is 11.3. The number of unbranched alkanes of at least 4 members (excludes halogenated alkanes) is 1. The minimum atomic E-state index is 0.113. The number of nitrogens with one attached hydrogen (secondary N) is 1. The molecule has 0 aliphatic carbocycles. The first-order valence-electron chi connectivity index (χ1n) is 8.30. The zero-order chi connectivity index (χ0) is 16.1. The van der Waals surface area contributed by atoms with Crippen LogP contribution in [0.2, 0.25) is 0 Å². The highest BCUT2D eigenvalue weighted by atomic mass is 16.1. The number of hydrogen-bond donors (Lipinski definition) is 1. The summed E-state index contributed by atoms with van der Waals surface area (Å²) in [6, 6.07) is 10.4. The van der Waals surface area contributed by atoms with E-state index in [4.69, 9.17) is 0 Å². The van der Waals surface area contributed by atoms with Gasteiger partial charge in [0, 0.05) is 24.5 Å². The van der Waals surface area contributed by atoms with Gasteiger partial charge in [0.05, 0.1) is 0 Å². The van der Waals surface area contributed by atoms with Crippen molar-refractivity contribution in [2.45, 2.75) is 39.0 Å². The van der Waals surface area contributed by atoms with Crippen molar-refractivity contribution < 1.29 is 4.79 Å². The SMILES string of the molecule is CCCCC(=Cc1cccnc1)c1ccc2c(c1)CCC(=O)N2. The van der Waals surface area contributed by atoms with Crippen LogP contribution < -0.4 is 5.32 Å². The molecule has 3 nitrogen and oxygen atoms in total. The number of fused-ring (bicyclic) bond motifs is 1. The van der Waals surface area contributed by atoms with Gasteiger partial charge >= 0.3 is 0 Å². The zero-order valence-electron chi connectivity index (χ0n) is 13.5. The molecular weight excluding hydrogens is 284 g/mol. The highest BCUT2D eigenvalue weighted by Gasteiger charge is 2.15. The summed E-state index contributed by atoms with van der Waals surface area (Å²) in [4.78, 5) is 15.7. The van der Waals surface area contributed by atoms with Crippen LogP contribution in [0, 0.1) is 0 Å². The van der Waals surface area contributed by atoms with E-state index >= 15 is 0 Å². The van der Waals surface area contributed by atoms with E-state index in [2.05, 4.69) is 41.5 Å². The Morgan fingerprint density at radius 2 is 2.22 bits per heavy atom. The third-order valence-corrected chi connectivity index (χ3v) is 4.20. The molecule has 23 heavy (non-hydrogen) atoms. The average Bonchev–Trinajstić information content (AvgIpc) is 2.59. The van der Waals surface area contributed by atoms with Crippen LogP contribution in [0.5, 0.6) is 0 Å². The van der Waals surface area contributed by atoms with Crippen molar-refractivity contribution in [3.8, 4) is 0 Å². The molecule has 0 fully saturated rings. The van der Waals surface area contributed by atoms with E-state index in [-0.39, 0.29) is 5.91 Å². The molecule has 2 aromatic rings. The fourth-order valence-electron chi connectivity index (χ4n) is 2.91. The summed E-state index contributed by atoms with van der Waals surface area (Å²) in [5, 5.41) is 2.95. The number of aryl methyl sites for hydroxylation is 1. The van der Waals surface area contributed by atoms with Crippen molar-refractivity contribution in [1.29, 1.82) is 0 Å². The van der Waals surface area contributed by atoms with Crippen molar-refractivity contribution in [3.63, 3.8) is 0 Å². The van der Waals surface area contributed by atoms with Gasteiger partial charge in [0.2, 0.25) is 5.91 Å². The number of pyridine rings is 1. The standard InChI is InChI=1S/C20H22N2O/c1-2-3-6-16(12-15-5-4-11-21-14-15)17-7-9-19-18(13-17)8-10-20(23)22-19/h4-5,7,9,11-14H,2-3,6,8,10H2,1H3,(H,22,23). The number of nitrogens with zero attached hydrogens (tertiary/aromatic N) is 1. The maximum absolute atomic E-state index is 11.5. The van der Waals surface area contributed by atoms with Gasteiger partial charge in [-0.25, -0.2) is 0 Å². The Bertz CT molecular complexity index is 720. The number of hydrogen-bond acceptors (Lipinski definition) is 2. The van der Waals surface area contributed by atoms with Gasteiger partial charge < -0.3 is 5.32 Å². The molecule has 118 valence electrons. The minimum absolute atomic E-state index is 0.113. The molecular formula is C20H22N2O. The highest BCUT2D eigenvalue weighted by Crippen LogP contribution is 2.30. The van der Waals surface area contributed by atoms with Crippen molar-refractivity contribution >= 4 is 23.2 Å². The summed E-state index contributed by atoms with van der Waals surface area (Å²) in [5.74, 6) is 0.113. The van der Waals surface area contributed by atoms with E-state index in [1.165, 1.54) is 29.5 Å². The number of anilines is 1. The molecule has 2 heterocycles. The summed E-state index contributed by atoms with van der Waals surface area (Å²) in [7, 11) is 0. The molecule has 3 heteroatoms. The summed E-state index contributed by atoms with van der Waals surface area (Å²) in [6.07, 6.45) is 10.7. The number of rotatable bonds is 5. The first-order valence-corrected chi connectivity index (χ1v) is 8.30.